The van der Waals surface area contributed by atoms with Crippen LogP contribution in [0.15, 0.2) is 42.5 Å². The van der Waals surface area contributed by atoms with Crippen molar-refractivity contribution in [2.75, 3.05) is 34.8 Å². The molecule has 32 heavy (non-hydrogen) atoms. The lowest BCUT2D eigenvalue weighted by atomic mass is 10.00. The van der Waals surface area contributed by atoms with Gasteiger partial charge in [-0.2, -0.15) is 0 Å². The van der Waals surface area contributed by atoms with E-state index in [0.29, 0.717) is 11.3 Å². The summed E-state index contributed by atoms with van der Waals surface area (Å²) in [6, 6.07) is 13.2. The summed E-state index contributed by atoms with van der Waals surface area (Å²) in [5.74, 6) is 0.739. The van der Waals surface area contributed by atoms with Gasteiger partial charge in [0.15, 0.2) is 5.78 Å². The first-order valence-corrected chi connectivity index (χ1v) is 11.4. The third-order valence-electron chi connectivity index (χ3n) is 6.23. The number of hydrogen-bond donors (Lipinski definition) is 2. The molecule has 7 heteroatoms. The SMILES string of the molecule is CCN(CC)c1ccc(C(=O)Nc2ccc3nc(N4CCCCC4C(C)=O)[nH]c3c2)cc1. The van der Waals surface area contributed by atoms with Gasteiger partial charge in [-0.1, -0.05) is 0 Å². The minimum Gasteiger partial charge on any atom is -0.372 e. The number of aromatic nitrogens is 2. The summed E-state index contributed by atoms with van der Waals surface area (Å²) in [6.45, 7) is 8.56. The Morgan fingerprint density at radius 1 is 1.12 bits per heavy atom. The molecule has 0 spiro atoms. The molecule has 0 aliphatic carbocycles. The second-order valence-corrected chi connectivity index (χ2v) is 8.28. The van der Waals surface area contributed by atoms with Crippen LogP contribution in [0.4, 0.5) is 17.3 Å². The normalized spacial score (nSPS) is 16.2. The van der Waals surface area contributed by atoms with Gasteiger partial charge in [0.25, 0.3) is 5.91 Å². The number of rotatable bonds is 7. The first kappa shape index (κ1) is 21.9. The van der Waals surface area contributed by atoms with E-state index < -0.39 is 0 Å². The summed E-state index contributed by atoms with van der Waals surface area (Å²) in [7, 11) is 0. The number of benzene rings is 2. The zero-order valence-electron chi connectivity index (χ0n) is 19.0. The van der Waals surface area contributed by atoms with Gasteiger partial charge in [-0.05, 0) is 82.5 Å². The van der Waals surface area contributed by atoms with E-state index in [1.54, 1.807) is 6.92 Å². The fourth-order valence-corrected chi connectivity index (χ4v) is 4.43. The maximum absolute atomic E-state index is 12.7. The lowest BCUT2D eigenvalue weighted by molar-refractivity contribution is -0.118. The van der Waals surface area contributed by atoms with Crippen LogP contribution in [0.25, 0.3) is 11.0 Å². The smallest absolute Gasteiger partial charge is 0.255 e. The summed E-state index contributed by atoms with van der Waals surface area (Å²) < 4.78 is 0. The molecule has 2 heterocycles. The summed E-state index contributed by atoms with van der Waals surface area (Å²) >= 11 is 0. The maximum atomic E-state index is 12.7. The van der Waals surface area contributed by atoms with Gasteiger partial charge in [-0.25, -0.2) is 4.98 Å². The molecule has 2 N–H and O–H groups in total. The van der Waals surface area contributed by atoms with Gasteiger partial charge in [0.2, 0.25) is 5.95 Å². The van der Waals surface area contributed by atoms with E-state index in [4.69, 9.17) is 4.98 Å². The Morgan fingerprint density at radius 3 is 2.56 bits per heavy atom. The van der Waals surface area contributed by atoms with Crippen molar-refractivity contribution < 1.29 is 9.59 Å². The summed E-state index contributed by atoms with van der Waals surface area (Å²) in [5.41, 5.74) is 4.08. The molecule has 1 aliphatic rings. The fourth-order valence-electron chi connectivity index (χ4n) is 4.43. The van der Waals surface area contributed by atoms with Gasteiger partial charge in [-0.3, -0.25) is 9.59 Å². The van der Waals surface area contributed by atoms with Crippen LogP contribution in [-0.4, -0.2) is 47.3 Å². The zero-order valence-corrected chi connectivity index (χ0v) is 19.0. The highest BCUT2D eigenvalue weighted by atomic mass is 16.1. The number of carbonyl (C=O) groups is 2. The van der Waals surface area contributed by atoms with Gasteiger partial charge in [0.05, 0.1) is 17.1 Å². The van der Waals surface area contributed by atoms with Crippen molar-refractivity contribution in [2.24, 2.45) is 0 Å². The van der Waals surface area contributed by atoms with Crippen LogP contribution < -0.4 is 15.1 Å². The molecule has 3 aromatic rings. The Kier molecular flexibility index (Phi) is 6.44. The van der Waals surface area contributed by atoms with Crippen LogP contribution in [-0.2, 0) is 4.79 Å². The quantitative estimate of drug-likeness (QED) is 0.569. The maximum Gasteiger partial charge on any atom is 0.255 e. The van der Waals surface area contributed by atoms with E-state index in [1.807, 2.05) is 42.5 Å². The molecule has 1 aromatic heterocycles. The van der Waals surface area contributed by atoms with E-state index in [1.165, 1.54) is 0 Å². The number of piperidine rings is 1. The molecule has 2 aromatic carbocycles. The first-order valence-electron chi connectivity index (χ1n) is 11.4. The highest BCUT2D eigenvalue weighted by Gasteiger charge is 2.28. The Balaban J connectivity index is 1.50. The Bertz CT molecular complexity index is 1100. The van der Waals surface area contributed by atoms with E-state index in [0.717, 1.165) is 61.6 Å². The highest BCUT2D eigenvalue weighted by molar-refractivity contribution is 6.05. The molecular formula is C25H31N5O2. The predicted octanol–water partition coefficient (Wildman–Crippen LogP) is 4.61. The molecule has 7 nitrogen and oxygen atoms in total. The minimum atomic E-state index is -0.150. The van der Waals surface area contributed by atoms with Crippen molar-refractivity contribution in [2.45, 2.75) is 46.1 Å². The van der Waals surface area contributed by atoms with E-state index in [-0.39, 0.29) is 17.7 Å². The average Bonchev–Trinajstić information content (AvgIpc) is 3.23. The van der Waals surface area contributed by atoms with Crippen molar-refractivity contribution in [1.29, 1.82) is 0 Å². The number of nitrogens with one attached hydrogen (secondary N) is 2. The second kappa shape index (κ2) is 9.42. The second-order valence-electron chi connectivity index (χ2n) is 8.28. The predicted molar refractivity (Wildman–Crippen MR) is 130 cm³/mol. The number of carbonyl (C=O) groups excluding carboxylic acids is 2. The van der Waals surface area contributed by atoms with Gasteiger partial charge >= 0.3 is 0 Å². The van der Waals surface area contributed by atoms with Crippen molar-refractivity contribution in [3.63, 3.8) is 0 Å². The lowest BCUT2D eigenvalue weighted by Gasteiger charge is -2.33. The summed E-state index contributed by atoms with van der Waals surface area (Å²) in [4.78, 5) is 37.2. The van der Waals surface area contributed by atoms with Crippen LogP contribution in [0.1, 0.15) is 50.4 Å². The largest absolute Gasteiger partial charge is 0.372 e. The Morgan fingerprint density at radius 2 is 1.88 bits per heavy atom. The number of ketones is 1. The number of hydrogen-bond acceptors (Lipinski definition) is 5. The highest BCUT2D eigenvalue weighted by Crippen LogP contribution is 2.27. The zero-order chi connectivity index (χ0) is 22.7. The Labute approximate surface area is 188 Å². The number of Topliss-reactive ketones (excluding diaryl/α,β-unsaturated/α-hetero) is 1. The molecule has 0 radical (unpaired) electrons. The monoisotopic (exact) mass is 433 g/mol. The number of imidazole rings is 1. The topological polar surface area (TPSA) is 81.3 Å². The van der Waals surface area contributed by atoms with E-state index in [9.17, 15) is 9.59 Å². The van der Waals surface area contributed by atoms with Crippen molar-refractivity contribution in [3.05, 3.63) is 48.0 Å². The van der Waals surface area contributed by atoms with Gasteiger partial charge in [-0.15, -0.1) is 0 Å². The molecule has 0 saturated carbocycles. The average molecular weight is 434 g/mol. The number of anilines is 3. The fraction of sp³-hybridized carbons (Fsp3) is 0.400. The summed E-state index contributed by atoms with van der Waals surface area (Å²) in [5, 5.41) is 2.97. The number of H-pyrrole nitrogens is 1. The number of nitrogens with zero attached hydrogens (tertiary/aromatic N) is 3. The number of amides is 1. The van der Waals surface area contributed by atoms with Crippen LogP contribution >= 0.6 is 0 Å². The van der Waals surface area contributed by atoms with E-state index in [2.05, 4.69) is 33.9 Å². The van der Waals surface area contributed by atoms with Crippen LogP contribution in [0.3, 0.4) is 0 Å². The molecule has 0 bridgehead atoms. The van der Waals surface area contributed by atoms with Gasteiger partial charge in [0.1, 0.15) is 0 Å². The van der Waals surface area contributed by atoms with Crippen LogP contribution in [0.5, 0.6) is 0 Å². The molecule has 1 fully saturated rings. The molecule has 1 unspecified atom stereocenters. The molecule has 168 valence electrons. The molecule has 4 rings (SSSR count). The third kappa shape index (κ3) is 4.47. The Hall–Kier alpha value is -3.35. The molecule has 1 saturated heterocycles. The van der Waals surface area contributed by atoms with Crippen molar-refractivity contribution in [1.82, 2.24) is 9.97 Å². The lowest BCUT2D eigenvalue weighted by Crippen LogP contribution is -2.44. The standard InChI is InChI=1S/C25H31N5O2/c1-4-29(5-2)20-12-9-18(10-13-20)24(32)26-19-11-14-21-22(16-19)28-25(27-21)30-15-7-6-8-23(30)17(3)31/h9-14,16,23H,4-8,15H2,1-3H3,(H,26,32)(H,27,28). The minimum absolute atomic E-state index is 0.122. The summed E-state index contributed by atoms with van der Waals surface area (Å²) in [6.07, 6.45) is 2.98. The van der Waals surface area contributed by atoms with Gasteiger partial charge < -0.3 is 20.1 Å². The molecular weight excluding hydrogens is 402 g/mol. The van der Waals surface area contributed by atoms with Crippen molar-refractivity contribution in [3.8, 4) is 0 Å². The molecule has 1 aliphatic heterocycles. The molecule has 1 amide bonds. The van der Waals surface area contributed by atoms with Gasteiger partial charge in [0, 0.05) is 36.6 Å². The van der Waals surface area contributed by atoms with Crippen LogP contribution in [0.2, 0.25) is 0 Å². The van der Waals surface area contributed by atoms with Crippen LogP contribution in [0, 0.1) is 0 Å². The first-order chi connectivity index (χ1) is 15.5. The number of fused-ring (bicyclic) bond motifs is 1. The number of aromatic amines is 1. The molecule has 1 atom stereocenters. The van der Waals surface area contributed by atoms with Crippen molar-refractivity contribution >= 4 is 40.0 Å². The third-order valence-corrected chi connectivity index (χ3v) is 6.23. The van der Waals surface area contributed by atoms with E-state index >= 15 is 0 Å².